The number of aryl methyl sites for hydroxylation is 1. The molecular formula is C18H24N4O2. The van der Waals surface area contributed by atoms with E-state index in [9.17, 15) is 9.59 Å². The zero-order chi connectivity index (χ0) is 16.9. The molecule has 0 bridgehead atoms. The van der Waals surface area contributed by atoms with Crippen LogP contribution >= 0.6 is 0 Å². The van der Waals surface area contributed by atoms with Crippen LogP contribution in [0.15, 0.2) is 35.3 Å². The summed E-state index contributed by atoms with van der Waals surface area (Å²) in [5.41, 5.74) is 0.576. The lowest BCUT2D eigenvalue weighted by molar-refractivity contribution is 0.251. The lowest BCUT2D eigenvalue weighted by Crippen LogP contribution is -2.32. The highest BCUT2D eigenvalue weighted by Crippen LogP contribution is 2.19. The van der Waals surface area contributed by atoms with Gasteiger partial charge in [-0.2, -0.15) is 0 Å². The molecule has 0 aliphatic carbocycles. The normalized spacial score (nSPS) is 14.9. The molecule has 128 valence electrons. The number of fused-ring (bicyclic) bond motifs is 1. The van der Waals surface area contributed by atoms with Gasteiger partial charge in [-0.15, -0.1) is 0 Å². The van der Waals surface area contributed by atoms with Crippen LogP contribution in [0.1, 0.15) is 19.3 Å². The van der Waals surface area contributed by atoms with Crippen molar-refractivity contribution in [3.05, 3.63) is 40.8 Å². The summed E-state index contributed by atoms with van der Waals surface area (Å²) >= 11 is 0. The van der Waals surface area contributed by atoms with Gasteiger partial charge >= 0.3 is 6.03 Å². The number of benzene rings is 1. The quantitative estimate of drug-likeness (QED) is 0.827. The molecule has 1 fully saturated rings. The minimum absolute atomic E-state index is 0.0674. The average Bonchev–Trinajstić information content (AvgIpc) is 3.10. The van der Waals surface area contributed by atoms with Gasteiger partial charge in [-0.1, -0.05) is 18.2 Å². The molecule has 0 saturated carbocycles. The second kappa shape index (κ2) is 7.49. The lowest BCUT2D eigenvalue weighted by atomic mass is 10.1. The Morgan fingerprint density at radius 3 is 2.62 bits per heavy atom. The average molecular weight is 328 g/mol. The largest absolute Gasteiger partial charge is 0.338 e. The molecular weight excluding hydrogens is 304 g/mol. The Morgan fingerprint density at radius 2 is 1.88 bits per heavy atom. The van der Waals surface area contributed by atoms with E-state index in [-0.39, 0.29) is 11.6 Å². The van der Waals surface area contributed by atoms with Crippen molar-refractivity contribution in [2.24, 2.45) is 7.05 Å². The maximum absolute atomic E-state index is 12.1. The van der Waals surface area contributed by atoms with Gasteiger partial charge in [-0.25, -0.2) is 4.79 Å². The van der Waals surface area contributed by atoms with Crippen molar-refractivity contribution >= 4 is 22.5 Å². The number of aromatic nitrogens is 1. The Hall–Kier alpha value is -2.34. The van der Waals surface area contributed by atoms with E-state index >= 15 is 0 Å². The van der Waals surface area contributed by atoms with Crippen molar-refractivity contribution < 1.29 is 4.79 Å². The lowest BCUT2D eigenvalue weighted by Gasteiger charge is -2.15. The first-order chi connectivity index (χ1) is 11.6. The third-order valence-corrected chi connectivity index (χ3v) is 4.47. The first kappa shape index (κ1) is 16.5. The summed E-state index contributed by atoms with van der Waals surface area (Å²) in [6.45, 7) is 4.03. The molecule has 0 spiro atoms. The number of carbonyl (C=O) groups is 1. The molecule has 3 rings (SSSR count). The van der Waals surface area contributed by atoms with Crippen molar-refractivity contribution in [3.8, 4) is 0 Å². The Morgan fingerprint density at radius 1 is 1.17 bits per heavy atom. The predicted octanol–water partition coefficient (Wildman–Crippen LogP) is 2.15. The number of rotatable bonds is 5. The third-order valence-electron chi connectivity index (χ3n) is 4.47. The van der Waals surface area contributed by atoms with Crippen LogP contribution in [0.25, 0.3) is 10.8 Å². The number of amides is 2. The van der Waals surface area contributed by atoms with Crippen LogP contribution < -0.4 is 16.2 Å². The smallest absolute Gasteiger partial charge is 0.319 e. The van der Waals surface area contributed by atoms with Crippen LogP contribution in [0.5, 0.6) is 0 Å². The summed E-state index contributed by atoms with van der Waals surface area (Å²) in [7, 11) is 1.69. The van der Waals surface area contributed by atoms with Gasteiger partial charge in [0.05, 0.1) is 5.69 Å². The first-order valence-electron chi connectivity index (χ1n) is 8.51. The van der Waals surface area contributed by atoms with E-state index < -0.39 is 0 Å². The zero-order valence-electron chi connectivity index (χ0n) is 14.0. The van der Waals surface area contributed by atoms with E-state index in [1.165, 1.54) is 30.5 Å². The summed E-state index contributed by atoms with van der Waals surface area (Å²) in [6.07, 6.45) is 5.18. The number of pyridine rings is 1. The van der Waals surface area contributed by atoms with Gasteiger partial charge in [0.2, 0.25) is 0 Å². The molecule has 6 heteroatoms. The Kier molecular flexibility index (Phi) is 5.15. The summed E-state index contributed by atoms with van der Waals surface area (Å²) in [5.74, 6) is 0. The van der Waals surface area contributed by atoms with Crippen LogP contribution in [0.2, 0.25) is 0 Å². The van der Waals surface area contributed by atoms with Gasteiger partial charge in [-0.05, 0) is 45.0 Å². The number of hydrogen-bond acceptors (Lipinski definition) is 3. The fourth-order valence-electron chi connectivity index (χ4n) is 3.19. The molecule has 1 saturated heterocycles. The van der Waals surface area contributed by atoms with Crippen LogP contribution in [0.3, 0.4) is 0 Å². The Bertz CT molecular complexity index is 778. The van der Waals surface area contributed by atoms with E-state index in [1.807, 2.05) is 18.2 Å². The molecule has 0 radical (unpaired) electrons. The van der Waals surface area contributed by atoms with E-state index in [0.717, 1.165) is 18.4 Å². The first-order valence-corrected chi connectivity index (χ1v) is 8.51. The molecule has 1 aromatic carbocycles. The van der Waals surface area contributed by atoms with Crippen molar-refractivity contribution in [1.82, 2.24) is 14.8 Å². The predicted molar refractivity (Wildman–Crippen MR) is 96.5 cm³/mol. The number of carbonyl (C=O) groups excluding carboxylic acids is 1. The monoisotopic (exact) mass is 328 g/mol. The summed E-state index contributed by atoms with van der Waals surface area (Å²) in [4.78, 5) is 26.7. The van der Waals surface area contributed by atoms with Gasteiger partial charge in [-0.3, -0.25) is 4.79 Å². The number of nitrogens with one attached hydrogen (secondary N) is 2. The number of hydrogen-bond donors (Lipinski definition) is 2. The van der Waals surface area contributed by atoms with Crippen LogP contribution in [0, 0.1) is 0 Å². The fourth-order valence-corrected chi connectivity index (χ4v) is 3.19. The highest BCUT2D eigenvalue weighted by Gasteiger charge is 2.11. The molecule has 1 aliphatic heterocycles. The molecule has 2 heterocycles. The molecule has 0 unspecified atom stereocenters. The maximum Gasteiger partial charge on any atom is 0.319 e. The molecule has 1 aromatic heterocycles. The molecule has 2 aromatic rings. The third kappa shape index (κ3) is 3.76. The second-order valence-corrected chi connectivity index (χ2v) is 6.29. The van der Waals surface area contributed by atoms with Gasteiger partial charge in [0.1, 0.15) is 0 Å². The number of anilines is 1. The molecule has 2 N–H and O–H groups in total. The molecule has 1 aliphatic rings. The SMILES string of the molecule is Cn1cc(NC(=O)NCCCN2CCCC2)c2ccccc2c1=O. The highest BCUT2D eigenvalue weighted by molar-refractivity contribution is 6.00. The molecule has 24 heavy (non-hydrogen) atoms. The van der Waals surface area contributed by atoms with E-state index in [4.69, 9.17) is 0 Å². The highest BCUT2D eigenvalue weighted by atomic mass is 16.2. The number of urea groups is 1. The van der Waals surface area contributed by atoms with Gasteiger partial charge in [0, 0.05) is 30.6 Å². The van der Waals surface area contributed by atoms with Crippen molar-refractivity contribution in [1.29, 1.82) is 0 Å². The van der Waals surface area contributed by atoms with Crippen LogP contribution in [-0.4, -0.2) is 41.7 Å². The van der Waals surface area contributed by atoms with Crippen molar-refractivity contribution in [3.63, 3.8) is 0 Å². The van der Waals surface area contributed by atoms with Crippen LogP contribution in [0.4, 0.5) is 10.5 Å². The van der Waals surface area contributed by atoms with Crippen molar-refractivity contribution in [2.75, 3.05) is 31.5 Å². The summed E-state index contributed by atoms with van der Waals surface area (Å²) in [6, 6.07) is 7.07. The summed E-state index contributed by atoms with van der Waals surface area (Å²) < 4.78 is 1.49. The van der Waals surface area contributed by atoms with Gasteiger partial charge < -0.3 is 20.1 Å². The molecule has 2 amide bonds. The maximum atomic E-state index is 12.1. The van der Waals surface area contributed by atoms with Gasteiger partial charge in [0.15, 0.2) is 0 Å². The number of nitrogens with zero attached hydrogens (tertiary/aromatic N) is 2. The molecule has 6 nitrogen and oxygen atoms in total. The van der Waals surface area contributed by atoms with Crippen molar-refractivity contribution in [2.45, 2.75) is 19.3 Å². The minimum atomic E-state index is -0.236. The second-order valence-electron chi connectivity index (χ2n) is 6.29. The van der Waals surface area contributed by atoms with E-state index in [1.54, 1.807) is 19.3 Å². The van der Waals surface area contributed by atoms with E-state index in [0.29, 0.717) is 17.6 Å². The topological polar surface area (TPSA) is 66.4 Å². The Balaban J connectivity index is 1.59. The minimum Gasteiger partial charge on any atom is -0.338 e. The van der Waals surface area contributed by atoms with Gasteiger partial charge in [0.25, 0.3) is 5.56 Å². The van der Waals surface area contributed by atoms with Crippen LogP contribution in [-0.2, 0) is 7.05 Å². The zero-order valence-corrected chi connectivity index (χ0v) is 14.0. The Labute approximate surface area is 141 Å². The molecule has 0 atom stereocenters. The number of likely N-dealkylation sites (tertiary alicyclic amines) is 1. The standard InChI is InChI=1S/C18H24N4O2/c1-21-13-16(14-7-2-3-8-15(14)17(21)23)20-18(24)19-9-6-12-22-10-4-5-11-22/h2-3,7-8,13H,4-6,9-12H2,1H3,(H2,19,20,24). The fraction of sp³-hybridized carbons (Fsp3) is 0.444. The van der Waals surface area contributed by atoms with E-state index in [2.05, 4.69) is 15.5 Å². The summed E-state index contributed by atoms with van der Waals surface area (Å²) in [5, 5.41) is 7.11.